The Morgan fingerprint density at radius 2 is 1.42 bits per heavy atom. The number of nitrogens with zero attached hydrogens (tertiary/aromatic N) is 1. The highest BCUT2D eigenvalue weighted by Gasteiger charge is 2.47. The first-order valence-corrected chi connectivity index (χ1v) is 15.0. The van der Waals surface area contributed by atoms with Gasteiger partial charge in [0.2, 0.25) is 10.0 Å². The summed E-state index contributed by atoms with van der Waals surface area (Å²) in [4.78, 5) is 0. The normalized spacial score (nSPS) is 20.2. The second kappa shape index (κ2) is 14.9. The maximum atomic E-state index is 11.5. The van der Waals surface area contributed by atoms with Gasteiger partial charge in [0.05, 0.1) is 5.75 Å². The van der Waals surface area contributed by atoms with Crippen molar-refractivity contribution in [2.45, 2.75) is 121 Å². The fourth-order valence-corrected chi connectivity index (χ4v) is 6.62. The van der Waals surface area contributed by atoms with Gasteiger partial charge in [-0.2, -0.15) is 0 Å². The van der Waals surface area contributed by atoms with Crippen LogP contribution in [0.3, 0.4) is 0 Å². The van der Waals surface area contributed by atoms with E-state index in [1.807, 2.05) is 0 Å². The topological polar surface area (TPSA) is 37.4 Å². The van der Waals surface area contributed by atoms with E-state index in [0.717, 1.165) is 43.2 Å². The molecule has 0 aromatic carbocycles. The summed E-state index contributed by atoms with van der Waals surface area (Å²) in [6, 6.07) is 0. The average molecular weight is 460 g/mol. The van der Waals surface area contributed by atoms with E-state index in [-0.39, 0.29) is 11.2 Å². The van der Waals surface area contributed by atoms with Gasteiger partial charge in [-0.15, -0.1) is 0 Å². The van der Waals surface area contributed by atoms with Crippen molar-refractivity contribution in [1.82, 2.24) is 4.31 Å². The van der Waals surface area contributed by atoms with Crippen molar-refractivity contribution in [3.05, 3.63) is 0 Å². The van der Waals surface area contributed by atoms with E-state index >= 15 is 0 Å². The fraction of sp³-hybridized carbons (Fsp3) is 1.00. The van der Waals surface area contributed by atoms with E-state index < -0.39 is 10.0 Å². The van der Waals surface area contributed by atoms with Crippen LogP contribution in [-0.2, 0) is 10.0 Å². The lowest BCUT2D eigenvalue weighted by molar-refractivity contribution is 0.0181. The lowest BCUT2D eigenvalue weighted by Gasteiger charge is -2.51. The van der Waals surface area contributed by atoms with Crippen molar-refractivity contribution in [2.75, 3.05) is 18.8 Å². The van der Waals surface area contributed by atoms with Crippen LogP contribution in [0, 0.1) is 35.0 Å². The van der Waals surface area contributed by atoms with Crippen LogP contribution in [0.4, 0.5) is 0 Å². The number of hydrogen-bond donors (Lipinski definition) is 0. The Morgan fingerprint density at radius 1 is 0.903 bits per heavy atom. The Labute approximate surface area is 197 Å². The van der Waals surface area contributed by atoms with E-state index in [1.54, 1.807) is 11.2 Å². The minimum absolute atomic E-state index is 0.227. The summed E-state index contributed by atoms with van der Waals surface area (Å²) in [6.07, 6.45) is 11.2. The number of sulfonamides is 1. The minimum Gasteiger partial charge on any atom is -0.212 e. The van der Waals surface area contributed by atoms with Gasteiger partial charge in [0.25, 0.3) is 0 Å². The van der Waals surface area contributed by atoms with Gasteiger partial charge in [0.1, 0.15) is 0 Å². The third-order valence-electron chi connectivity index (χ3n) is 7.87. The van der Waals surface area contributed by atoms with Crippen molar-refractivity contribution in [2.24, 2.45) is 35.0 Å². The van der Waals surface area contributed by atoms with E-state index in [4.69, 9.17) is 0 Å². The van der Waals surface area contributed by atoms with Crippen LogP contribution >= 0.6 is 0 Å². The zero-order valence-corrected chi connectivity index (χ0v) is 23.7. The first-order valence-electron chi connectivity index (χ1n) is 13.4. The van der Waals surface area contributed by atoms with Gasteiger partial charge in [0.15, 0.2) is 0 Å². The SMILES string of the molecule is CCC1(C(C)C)CN(S(=O)(=O)CC)C1.CCCC(C)C.CC[C@@H](C(C)C)C1CCCC1. The van der Waals surface area contributed by atoms with Gasteiger partial charge in [-0.1, -0.05) is 107 Å². The lowest BCUT2D eigenvalue weighted by Crippen LogP contribution is -2.60. The summed E-state index contributed by atoms with van der Waals surface area (Å²) in [7, 11) is -2.94. The van der Waals surface area contributed by atoms with Crippen molar-refractivity contribution in [3.63, 3.8) is 0 Å². The Balaban J connectivity index is 0.000000472. The molecule has 2 rings (SSSR count). The molecule has 31 heavy (non-hydrogen) atoms. The van der Waals surface area contributed by atoms with Crippen LogP contribution < -0.4 is 0 Å². The largest absolute Gasteiger partial charge is 0.213 e. The maximum Gasteiger partial charge on any atom is 0.213 e. The third kappa shape index (κ3) is 10.2. The fourth-order valence-electron chi connectivity index (χ4n) is 5.34. The third-order valence-corrected chi connectivity index (χ3v) is 9.64. The first kappa shape index (κ1) is 30.9. The summed E-state index contributed by atoms with van der Waals surface area (Å²) >= 11 is 0. The Hall–Kier alpha value is -0.0900. The molecule has 1 saturated carbocycles. The molecule has 0 spiro atoms. The molecule has 0 radical (unpaired) electrons. The summed E-state index contributed by atoms with van der Waals surface area (Å²) < 4.78 is 24.7. The molecule has 1 heterocycles. The van der Waals surface area contributed by atoms with Crippen LogP contribution in [0.1, 0.15) is 121 Å². The molecule has 0 amide bonds. The van der Waals surface area contributed by atoms with Crippen LogP contribution in [0.25, 0.3) is 0 Å². The molecule has 2 aliphatic rings. The highest BCUT2D eigenvalue weighted by molar-refractivity contribution is 7.89. The monoisotopic (exact) mass is 459 g/mol. The van der Waals surface area contributed by atoms with E-state index in [9.17, 15) is 8.42 Å². The van der Waals surface area contributed by atoms with Crippen molar-refractivity contribution < 1.29 is 8.42 Å². The molecule has 4 heteroatoms. The van der Waals surface area contributed by atoms with Crippen molar-refractivity contribution >= 4 is 10.0 Å². The molecule has 0 aromatic heterocycles. The number of rotatable bonds is 9. The molecule has 1 saturated heterocycles. The summed E-state index contributed by atoms with van der Waals surface area (Å²) in [5, 5.41) is 0. The van der Waals surface area contributed by atoms with E-state index in [2.05, 4.69) is 62.3 Å². The molecule has 0 aromatic rings. The molecule has 1 aliphatic heterocycles. The molecule has 2 fully saturated rings. The zero-order chi connectivity index (χ0) is 24.2. The maximum absolute atomic E-state index is 11.5. The molecule has 0 unspecified atom stereocenters. The van der Waals surface area contributed by atoms with Gasteiger partial charge in [-0.25, -0.2) is 12.7 Å². The molecule has 3 nitrogen and oxygen atoms in total. The summed E-state index contributed by atoms with van der Waals surface area (Å²) in [5.74, 6) is 4.68. The molecule has 1 aliphatic carbocycles. The predicted octanol–water partition coefficient (Wildman–Crippen LogP) is 8.01. The smallest absolute Gasteiger partial charge is 0.212 e. The van der Waals surface area contributed by atoms with Crippen LogP contribution in [0.5, 0.6) is 0 Å². The standard InChI is InChI=1S/C11H22.C10H21NO2S.C6H14/c1-4-11(9(2)3)10-7-5-6-8-10;1-5-10(9(3)4)7-11(8-10)14(12,13)6-2;1-4-5-6(2)3/h9-11H,4-8H2,1-3H3;9H,5-8H2,1-4H3;6H,4-5H2,1-3H3/t11-;;/m0../s1. The van der Waals surface area contributed by atoms with Crippen LogP contribution in [0.15, 0.2) is 0 Å². The quantitative estimate of drug-likeness (QED) is 0.350. The van der Waals surface area contributed by atoms with Gasteiger partial charge in [0, 0.05) is 18.5 Å². The van der Waals surface area contributed by atoms with Gasteiger partial charge >= 0.3 is 0 Å². The van der Waals surface area contributed by atoms with Crippen LogP contribution in [0.2, 0.25) is 0 Å². The minimum atomic E-state index is -2.94. The second-order valence-electron chi connectivity index (χ2n) is 11.1. The van der Waals surface area contributed by atoms with Crippen molar-refractivity contribution in [1.29, 1.82) is 0 Å². The van der Waals surface area contributed by atoms with E-state index in [1.165, 1.54) is 44.9 Å². The summed E-state index contributed by atoms with van der Waals surface area (Å²) in [5.41, 5.74) is 0.238. The summed E-state index contributed by atoms with van der Waals surface area (Å²) in [6.45, 7) is 23.5. The second-order valence-corrected chi connectivity index (χ2v) is 13.3. The van der Waals surface area contributed by atoms with Crippen molar-refractivity contribution in [3.8, 4) is 0 Å². The highest BCUT2D eigenvalue weighted by atomic mass is 32.2. The highest BCUT2D eigenvalue weighted by Crippen LogP contribution is 2.42. The first-order chi connectivity index (χ1) is 14.4. The Kier molecular flexibility index (Phi) is 14.9. The zero-order valence-electron chi connectivity index (χ0n) is 22.8. The Bertz CT molecular complexity index is 542. The predicted molar refractivity (Wildman–Crippen MR) is 139 cm³/mol. The van der Waals surface area contributed by atoms with E-state index in [0.29, 0.717) is 5.92 Å². The van der Waals surface area contributed by atoms with Gasteiger partial charge in [-0.05, 0) is 42.9 Å². The molecular formula is C27H57NO2S. The number of hydrogen-bond acceptors (Lipinski definition) is 2. The lowest BCUT2D eigenvalue weighted by atomic mass is 9.70. The molecule has 1 atom stereocenters. The van der Waals surface area contributed by atoms with Gasteiger partial charge in [-0.3, -0.25) is 0 Å². The molecular weight excluding hydrogens is 402 g/mol. The molecule has 0 N–H and O–H groups in total. The molecule has 188 valence electrons. The van der Waals surface area contributed by atoms with Crippen LogP contribution in [-0.4, -0.2) is 31.6 Å². The average Bonchev–Trinajstić information content (AvgIpc) is 3.16. The Morgan fingerprint density at radius 3 is 1.68 bits per heavy atom. The molecule has 0 bridgehead atoms. The van der Waals surface area contributed by atoms with Gasteiger partial charge < -0.3 is 0 Å².